The van der Waals surface area contributed by atoms with Crippen molar-refractivity contribution in [3.8, 4) is 0 Å². The van der Waals surface area contributed by atoms with Crippen LogP contribution in [-0.4, -0.2) is 49.5 Å². The fourth-order valence-corrected chi connectivity index (χ4v) is 4.28. The van der Waals surface area contributed by atoms with Gasteiger partial charge in [-0.05, 0) is 58.1 Å². The molecular formula is C23H26N8OS. The molecule has 0 radical (unpaired) electrons. The molecule has 0 aliphatic heterocycles. The van der Waals surface area contributed by atoms with E-state index in [-0.39, 0.29) is 11.8 Å². The van der Waals surface area contributed by atoms with Crippen molar-refractivity contribution in [1.82, 2.24) is 29.5 Å². The van der Waals surface area contributed by atoms with Gasteiger partial charge in [0, 0.05) is 47.1 Å². The van der Waals surface area contributed by atoms with E-state index >= 15 is 0 Å². The first-order valence-corrected chi connectivity index (χ1v) is 11.7. The number of H-pyrrole nitrogens is 1. The molecule has 3 heterocycles. The summed E-state index contributed by atoms with van der Waals surface area (Å²) in [6.07, 6.45) is 3.98. The van der Waals surface area contributed by atoms with Gasteiger partial charge in [0.2, 0.25) is 11.9 Å². The van der Waals surface area contributed by atoms with Gasteiger partial charge in [-0.25, -0.2) is 9.97 Å². The average molecular weight is 463 g/mol. The first-order chi connectivity index (χ1) is 15.9. The summed E-state index contributed by atoms with van der Waals surface area (Å²) in [4.78, 5) is 24.7. The lowest BCUT2D eigenvalue weighted by Crippen LogP contribution is -2.12. The number of benzene rings is 1. The Bertz CT molecular complexity index is 1290. The second kappa shape index (κ2) is 8.87. The predicted molar refractivity (Wildman–Crippen MR) is 129 cm³/mol. The normalized spacial score (nSPS) is 13.6. The summed E-state index contributed by atoms with van der Waals surface area (Å²) in [6, 6.07) is 11.8. The summed E-state index contributed by atoms with van der Waals surface area (Å²) in [6.45, 7) is 2.69. The maximum absolute atomic E-state index is 12.0. The lowest BCUT2D eigenvalue weighted by atomic mass is 10.3. The number of carbonyl (C=O) groups excluding carboxylic acids is 1. The van der Waals surface area contributed by atoms with Crippen LogP contribution < -0.4 is 10.6 Å². The number of carbonyl (C=O) groups is 1. The van der Waals surface area contributed by atoms with E-state index < -0.39 is 0 Å². The van der Waals surface area contributed by atoms with Gasteiger partial charge in [-0.2, -0.15) is 5.10 Å². The highest BCUT2D eigenvalue weighted by atomic mass is 32.2. The molecule has 10 heteroatoms. The van der Waals surface area contributed by atoms with Crippen LogP contribution in [0.4, 0.5) is 17.5 Å². The number of anilines is 3. The molecule has 170 valence electrons. The zero-order chi connectivity index (χ0) is 22.9. The molecule has 1 aliphatic carbocycles. The Morgan fingerprint density at radius 1 is 1.21 bits per heavy atom. The van der Waals surface area contributed by atoms with E-state index in [0.717, 1.165) is 52.0 Å². The number of aromatic amines is 1. The molecule has 0 unspecified atom stereocenters. The maximum Gasteiger partial charge on any atom is 0.227 e. The van der Waals surface area contributed by atoms with Gasteiger partial charge in [0.1, 0.15) is 10.7 Å². The highest BCUT2D eigenvalue weighted by molar-refractivity contribution is 7.99. The van der Waals surface area contributed by atoms with E-state index in [0.29, 0.717) is 11.8 Å². The summed E-state index contributed by atoms with van der Waals surface area (Å²) in [5, 5.41) is 14.3. The van der Waals surface area contributed by atoms with Crippen LogP contribution in [-0.2, 0) is 11.3 Å². The van der Waals surface area contributed by atoms with E-state index in [9.17, 15) is 4.79 Å². The monoisotopic (exact) mass is 462 g/mol. The van der Waals surface area contributed by atoms with Crippen molar-refractivity contribution in [3.63, 3.8) is 0 Å². The second-order valence-electron chi connectivity index (χ2n) is 8.57. The lowest BCUT2D eigenvalue weighted by Gasteiger charge is -2.09. The van der Waals surface area contributed by atoms with Gasteiger partial charge in [-0.1, -0.05) is 11.8 Å². The van der Waals surface area contributed by atoms with Gasteiger partial charge >= 0.3 is 0 Å². The summed E-state index contributed by atoms with van der Waals surface area (Å²) in [5.41, 5.74) is 3.55. The minimum atomic E-state index is 0.111. The number of fused-ring (bicyclic) bond motifs is 1. The number of nitrogens with one attached hydrogen (secondary N) is 3. The van der Waals surface area contributed by atoms with Gasteiger partial charge in [0.25, 0.3) is 0 Å². The SMILES string of the molecule is Cc1cc(Nc2nc(Sc3ccc(NC(=O)C4CC4)cc3)cc3nc(CN(C)C)cn23)n[nH]1. The van der Waals surface area contributed by atoms with Gasteiger partial charge in [-0.3, -0.25) is 14.3 Å². The Kier molecular flexibility index (Phi) is 5.77. The Balaban J connectivity index is 1.41. The summed E-state index contributed by atoms with van der Waals surface area (Å²) >= 11 is 1.55. The van der Waals surface area contributed by atoms with E-state index in [1.807, 2.05) is 68.0 Å². The molecule has 33 heavy (non-hydrogen) atoms. The van der Waals surface area contributed by atoms with Crippen molar-refractivity contribution in [3.05, 3.63) is 54.0 Å². The molecule has 4 aromatic rings. The summed E-state index contributed by atoms with van der Waals surface area (Å²) < 4.78 is 1.95. The third-order valence-corrected chi connectivity index (χ3v) is 6.12. The molecule has 3 aromatic heterocycles. The van der Waals surface area contributed by atoms with Gasteiger partial charge in [0.15, 0.2) is 5.82 Å². The van der Waals surface area contributed by atoms with Crippen molar-refractivity contribution in [2.24, 2.45) is 5.92 Å². The molecule has 0 atom stereocenters. The van der Waals surface area contributed by atoms with Crippen LogP contribution in [0.15, 0.2) is 52.5 Å². The van der Waals surface area contributed by atoms with Gasteiger partial charge in [-0.15, -0.1) is 0 Å². The van der Waals surface area contributed by atoms with Crippen molar-refractivity contribution >= 4 is 40.8 Å². The zero-order valence-electron chi connectivity index (χ0n) is 18.8. The lowest BCUT2D eigenvalue weighted by molar-refractivity contribution is -0.117. The van der Waals surface area contributed by atoms with Crippen LogP contribution in [0.3, 0.4) is 0 Å². The molecule has 3 N–H and O–H groups in total. The maximum atomic E-state index is 12.0. The Morgan fingerprint density at radius 2 is 2.00 bits per heavy atom. The first-order valence-electron chi connectivity index (χ1n) is 10.8. The van der Waals surface area contributed by atoms with Crippen molar-refractivity contribution in [2.75, 3.05) is 24.7 Å². The third kappa shape index (κ3) is 5.18. The largest absolute Gasteiger partial charge is 0.326 e. The molecule has 1 fully saturated rings. The highest BCUT2D eigenvalue weighted by Crippen LogP contribution is 2.32. The quantitative estimate of drug-likeness (QED) is 0.339. The fraction of sp³-hybridized carbons (Fsp3) is 0.304. The zero-order valence-corrected chi connectivity index (χ0v) is 19.6. The molecular weight excluding hydrogens is 436 g/mol. The van der Waals surface area contributed by atoms with Crippen LogP contribution >= 0.6 is 11.8 Å². The Morgan fingerprint density at radius 3 is 2.67 bits per heavy atom. The van der Waals surface area contributed by atoms with Crippen LogP contribution in [0.2, 0.25) is 0 Å². The number of rotatable bonds is 8. The molecule has 0 bridgehead atoms. The van der Waals surface area contributed by atoms with Crippen LogP contribution in [0.5, 0.6) is 0 Å². The van der Waals surface area contributed by atoms with Gasteiger partial charge in [0.05, 0.1) is 5.69 Å². The number of aryl methyl sites for hydroxylation is 1. The first kappa shape index (κ1) is 21.5. The van der Waals surface area contributed by atoms with Crippen LogP contribution in [0, 0.1) is 12.8 Å². The third-order valence-electron chi connectivity index (χ3n) is 5.20. The number of hydrogen-bond donors (Lipinski definition) is 3. The molecule has 5 rings (SSSR count). The Hall–Kier alpha value is -3.37. The summed E-state index contributed by atoms with van der Waals surface area (Å²) in [5.74, 6) is 1.64. The molecule has 1 aromatic carbocycles. The van der Waals surface area contributed by atoms with E-state index in [2.05, 4.69) is 25.7 Å². The number of hydrogen-bond acceptors (Lipinski definition) is 7. The Labute approximate surface area is 196 Å². The van der Waals surface area contributed by atoms with E-state index in [1.54, 1.807) is 11.8 Å². The number of nitrogens with zero attached hydrogens (tertiary/aromatic N) is 5. The van der Waals surface area contributed by atoms with E-state index in [1.165, 1.54) is 0 Å². The minimum absolute atomic E-state index is 0.111. The predicted octanol–water partition coefficient (Wildman–Crippen LogP) is 4.07. The fourth-order valence-electron chi connectivity index (χ4n) is 3.47. The minimum Gasteiger partial charge on any atom is -0.326 e. The summed E-state index contributed by atoms with van der Waals surface area (Å²) in [7, 11) is 4.04. The van der Waals surface area contributed by atoms with Crippen LogP contribution in [0.25, 0.3) is 5.65 Å². The topological polar surface area (TPSA) is 103 Å². The number of imidazole rings is 1. The van der Waals surface area contributed by atoms with E-state index in [4.69, 9.17) is 9.97 Å². The van der Waals surface area contributed by atoms with Crippen molar-refractivity contribution < 1.29 is 4.79 Å². The standard InChI is InChI=1S/C23H26N8OS/c1-14-10-19(29-28-14)26-23-27-21(11-20-24-17(12-30(2)3)13-31(20)23)33-18-8-6-16(7-9-18)25-22(32)15-4-5-15/h6-11,13,15H,4-5,12H2,1-3H3,(H,25,32)(H2,26,27,28,29). The number of aromatic nitrogens is 5. The molecule has 1 aliphatic rings. The molecule has 0 spiro atoms. The highest BCUT2D eigenvalue weighted by Gasteiger charge is 2.29. The average Bonchev–Trinajstić information content (AvgIpc) is 3.43. The second-order valence-corrected chi connectivity index (χ2v) is 9.66. The van der Waals surface area contributed by atoms with Gasteiger partial charge < -0.3 is 15.5 Å². The molecule has 1 saturated carbocycles. The molecule has 1 amide bonds. The molecule has 9 nitrogen and oxygen atoms in total. The van der Waals surface area contributed by atoms with Crippen molar-refractivity contribution in [1.29, 1.82) is 0 Å². The smallest absolute Gasteiger partial charge is 0.227 e. The number of amides is 1. The van der Waals surface area contributed by atoms with Crippen molar-refractivity contribution in [2.45, 2.75) is 36.2 Å². The van der Waals surface area contributed by atoms with Crippen LogP contribution in [0.1, 0.15) is 24.2 Å². The molecule has 0 saturated heterocycles.